The summed E-state index contributed by atoms with van der Waals surface area (Å²) in [5.41, 5.74) is 6.60. The second-order valence-corrected chi connectivity index (χ2v) is 5.96. The number of aliphatic hydroxyl groups excluding tert-OH is 1. The maximum Gasteiger partial charge on any atom is 0.254 e. The van der Waals surface area contributed by atoms with Crippen LogP contribution in [0.3, 0.4) is 0 Å². The SMILES string of the molecule is CC(CO)(NC(=O)c1ccc(Br)cc1N)c1ccccc1. The molecule has 1 unspecified atom stereocenters. The molecule has 5 heteroatoms. The average Bonchev–Trinajstić information content (AvgIpc) is 2.47. The van der Waals surface area contributed by atoms with Gasteiger partial charge in [0.2, 0.25) is 0 Å². The van der Waals surface area contributed by atoms with E-state index in [0.29, 0.717) is 11.3 Å². The van der Waals surface area contributed by atoms with E-state index >= 15 is 0 Å². The summed E-state index contributed by atoms with van der Waals surface area (Å²) < 4.78 is 0.810. The molecular weight excluding hydrogens is 332 g/mol. The molecule has 21 heavy (non-hydrogen) atoms. The number of hydrogen-bond acceptors (Lipinski definition) is 3. The first-order valence-electron chi connectivity index (χ1n) is 6.50. The maximum absolute atomic E-state index is 12.4. The van der Waals surface area contributed by atoms with Crippen LogP contribution in [0.1, 0.15) is 22.8 Å². The summed E-state index contributed by atoms with van der Waals surface area (Å²) in [5, 5.41) is 12.5. The fourth-order valence-electron chi connectivity index (χ4n) is 2.07. The summed E-state index contributed by atoms with van der Waals surface area (Å²) >= 11 is 3.31. The van der Waals surface area contributed by atoms with Crippen molar-refractivity contribution in [3.05, 3.63) is 64.1 Å². The average molecular weight is 349 g/mol. The molecule has 0 saturated heterocycles. The first-order chi connectivity index (χ1) is 9.96. The third kappa shape index (κ3) is 3.43. The lowest BCUT2D eigenvalue weighted by Gasteiger charge is -2.29. The number of benzene rings is 2. The molecule has 1 amide bonds. The van der Waals surface area contributed by atoms with E-state index < -0.39 is 5.54 Å². The summed E-state index contributed by atoms with van der Waals surface area (Å²) in [4.78, 5) is 12.4. The van der Waals surface area contributed by atoms with Crippen molar-refractivity contribution in [1.82, 2.24) is 5.32 Å². The van der Waals surface area contributed by atoms with E-state index in [2.05, 4.69) is 21.2 Å². The number of nitrogens with two attached hydrogens (primary N) is 1. The molecule has 0 bridgehead atoms. The number of aliphatic hydroxyl groups is 1. The summed E-state index contributed by atoms with van der Waals surface area (Å²) in [7, 11) is 0. The summed E-state index contributed by atoms with van der Waals surface area (Å²) in [6.07, 6.45) is 0. The molecule has 1 atom stereocenters. The van der Waals surface area contributed by atoms with Gasteiger partial charge in [0.1, 0.15) is 0 Å². The molecule has 2 aromatic carbocycles. The Morgan fingerprint density at radius 1 is 1.29 bits per heavy atom. The van der Waals surface area contributed by atoms with E-state index in [-0.39, 0.29) is 12.5 Å². The van der Waals surface area contributed by atoms with Crippen LogP contribution in [0.15, 0.2) is 53.0 Å². The Morgan fingerprint density at radius 3 is 2.52 bits per heavy atom. The Kier molecular flexibility index (Phi) is 4.65. The van der Waals surface area contributed by atoms with Gasteiger partial charge in [0.05, 0.1) is 17.7 Å². The molecule has 0 aliphatic heterocycles. The van der Waals surface area contributed by atoms with Crippen molar-refractivity contribution in [1.29, 1.82) is 0 Å². The number of anilines is 1. The largest absolute Gasteiger partial charge is 0.398 e. The van der Waals surface area contributed by atoms with E-state index in [1.165, 1.54) is 0 Å². The van der Waals surface area contributed by atoms with Gasteiger partial charge in [-0.25, -0.2) is 0 Å². The predicted octanol–water partition coefficient (Wildman–Crippen LogP) is 2.67. The Hall–Kier alpha value is -1.85. The lowest BCUT2D eigenvalue weighted by Crippen LogP contribution is -2.46. The van der Waals surface area contributed by atoms with Crippen molar-refractivity contribution in [3.8, 4) is 0 Å². The van der Waals surface area contributed by atoms with Crippen LogP contribution in [0.4, 0.5) is 5.69 Å². The van der Waals surface area contributed by atoms with Crippen LogP contribution >= 0.6 is 15.9 Å². The van der Waals surface area contributed by atoms with Gasteiger partial charge in [-0.15, -0.1) is 0 Å². The summed E-state index contributed by atoms with van der Waals surface area (Å²) in [5.74, 6) is -0.319. The van der Waals surface area contributed by atoms with Crippen LogP contribution in [-0.2, 0) is 5.54 Å². The fraction of sp³-hybridized carbons (Fsp3) is 0.188. The van der Waals surface area contributed by atoms with Crippen molar-refractivity contribution in [2.75, 3.05) is 12.3 Å². The summed E-state index contributed by atoms with van der Waals surface area (Å²) in [6, 6.07) is 14.4. The zero-order valence-electron chi connectivity index (χ0n) is 11.6. The highest BCUT2D eigenvalue weighted by Crippen LogP contribution is 2.23. The molecule has 110 valence electrons. The second-order valence-electron chi connectivity index (χ2n) is 5.04. The number of rotatable bonds is 4. The second kappa shape index (κ2) is 6.28. The molecule has 0 radical (unpaired) electrons. The standard InChI is InChI=1S/C16H17BrN2O2/c1-16(10-20,11-5-3-2-4-6-11)19-15(21)13-8-7-12(17)9-14(13)18/h2-9,20H,10,18H2,1H3,(H,19,21). The van der Waals surface area contributed by atoms with Crippen LogP contribution < -0.4 is 11.1 Å². The molecule has 0 saturated carbocycles. The lowest BCUT2D eigenvalue weighted by molar-refractivity contribution is 0.0850. The molecule has 2 aromatic rings. The number of nitrogen functional groups attached to an aromatic ring is 1. The molecule has 0 aliphatic carbocycles. The molecular formula is C16H17BrN2O2. The van der Waals surface area contributed by atoms with E-state index in [4.69, 9.17) is 5.73 Å². The first-order valence-corrected chi connectivity index (χ1v) is 7.29. The van der Waals surface area contributed by atoms with Crippen LogP contribution in [0.25, 0.3) is 0 Å². The number of hydrogen-bond donors (Lipinski definition) is 3. The van der Waals surface area contributed by atoms with Crippen LogP contribution in [0, 0.1) is 0 Å². The van der Waals surface area contributed by atoms with Crippen molar-refractivity contribution in [3.63, 3.8) is 0 Å². The Labute approximate surface area is 132 Å². The molecule has 2 rings (SSSR count). The van der Waals surface area contributed by atoms with Gasteiger partial charge < -0.3 is 16.2 Å². The normalized spacial score (nSPS) is 13.5. The predicted molar refractivity (Wildman–Crippen MR) is 86.9 cm³/mol. The third-order valence-electron chi connectivity index (χ3n) is 3.37. The highest BCUT2D eigenvalue weighted by atomic mass is 79.9. The molecule has 0 fully saturated rings. The number of amides is 1. The monoisotopic (exact) mass is 348 g/mol. The quantitative estimate of drug-likeness (QED) is 0.743. The van der Waals surface area contributed by atoms with E-state index in [1.807, 2.05) is 30.3 Å². The van der Waals surface area contributed by atoms with Gasteiger partial charge in [0, 0.05) is 10.2 Å². The van der Waals surface area contributed by atoms with Crippen LogP contribution in [-0.4, -0.2) is 17.6 Å². The third-order valence-corrected chi connectivity index (χ3v) is 3.87. The number of carbonyl (C=O) groups is 1. The van der Waals surface area contributed by atoms with Crippen molar-refractivity contribution < 1.29 is 9.90 Å². The Balaban J connectivity index is 2.28. The molecule has 4 nitrogen and oxygen atoms in total. The van der Waals surface area contributed by atoms with E-state index in [9.17, 15) is 9.90 Å². The Morgan fingerprint density at radius 2 is 1.95 bits per heavy atom. The Bertz CT molecular complexity index is 646. The minimum absolute atomic E-state index is 0.209. The van der Waals surface area contributed by atoms with Crippen LogP contribution in [0.5, 0.6) is 0 Å². The van der Waals surface area contributed by atoms with E-state index in [1.54, 1.807) is 25.1 Å². The maximum atomic E-state index is 12.4. The zero-order valence-corrected chi connectivity index (χ0v) is 13.2. The van der Waals surface area contributed by atoms with Crippen LogP contribution in [0.2, 0.25) is 0 Å². The highest BCUT2D eigenvalue weighted by Gasteiger charge is 2.28. The first kappa shape index (κ1) is 15.5. The van der Waals surface area contributed by atoms with Crippen molar-refractivity contribution >= 4 is 27.5 Å². The number of nitrogens with one attached hydrogen (secondary N) is 1. The van der Waals surface area contributed by atoms with E-state index in [0.717, 1.165) is 10.0 Å². The van der Waals surface area contributed by atoms with Gasteiger partial charge in [0.15, 0.2) is 0 Å². The fourth-order valence-corrected chi connectivity index (χ4v) is 2.45. The minimum atomic E-state index is -0.863. The molecule has 4 N–H and O–H groups in total. The van der Waals surface area contributed by atoms with Gasteiger partial charge in [-0.2, -0.15) is 0 Å². The highest BCUT2D eigenvalue weighted by molar-refractivity contribution is 9.10. The number of halogens is 1. The van der Waals surface area contributed by atoms with Gasteiger partial charge in [-0.1, -0.05) is 46.3 Å². The van der Waals surface area contributed by atoms with Gasteiger partial charge >= 0.3 is 0 Å². The smallest absolute Gasteiger partial charge is 0.254 e. The topological polar surface area (TPSA) is 75.3 Å². The minimum Gasteiger partial charge on any atom is -0.398 e. The van der Waals surface area contributed by atoms with Crippen molar-refractivity contribution in [2.24, 2.45) is 0 Å². The van der Waals surface area contributed by atoms with Crippen molar-refractivity contribution in [2.45, 2.75) is 12.5 Å². The van der Waals surface area contributed by atoms with Gasteiger partial charge in [0.25, 0.3) is 5.91 Å². The van der Waals surface area contributed by atoms with Gasteiger partial charge in [-0.05, 0) is 30.7 Å². The lowest BCUT2D eigenvalue weighted by atomic mass is 9.92. The summed E-state index contributed by atoms with van der Waals surface area (Å²) in [6.45, 7) is 1.56. The number of carbonyl (C=O) groups excluding carboxylic acids is 1. The van der Waals surface area contributed by atoms with Gasteiger partial charge in [-0.3, -0.25) is 4.79 Å². The molecule has 0 aromatic heterocycles. The molecule has 0 heterocycles. The zero-order chi connectivity index (χ0) is 15.5. The molecule has 0 spiro atoms. The molecule has 0 aliphatic rings.